The van der Waals surface area contributed by atoms with E-state index in [9.17, 15) is 10.1 Å². The minimum atomic E-state index is -0.464. The van der Waals surface area contributed by atoms with Gasteiger partial charge < -0.3 is 5.11 Å². The lowest BCUT2D eigenvalue weighted by atomic mass is 10.2. The number of hydrogen-bond donors (Lipinski definition) is 1. The normalized spacial score (nSPS) is 10.2. The summed E-state index contributed by atoms with van der Waals surface area (Å²) < 4.78 is 0. The lowest BCUT2D eigenvalue weighted by Gasteiger charge is -2.01. The van der Waals surface area contributed by atoms with Gasteiger partial charge in [-0.3, -0.25) is 10.1 Å². The Morgan fingerprint density at radius 2 is 1.94 bits per heavy atom. The summed E-state index contributed by atoms with van der Waals surface area (Å²) in [6.45, 7) is -0.164. The van der Waals surface area contributed by atoms with E-state index in [1.54, 1.807) is 18.2 Å². The van der Waals surface area contributed by atoms with Crippen LogP contribution in [0, 0.1) is 10.1 Å². The molecular weight excluding hydrogens is 222 g/mol. The molecule has 6 heteroatoms. The number of aromatic nitrogens is 2. The van der Waals surface area contributed by atoms with Crippen LogP contribution in [-0.4, -0.2) is 20.0 Å². The van der Waals surface area contributed by atoms with Crippen molar-refractivity contribution >= 4 is 5.69 Å². The highest BCUT2D eigenvalue weighted by molar-refractivity contribution is 5.57. The quantitative estimate of drug-likeness (QED) is 0.639. The van der Waals surface area contributed by atoms with Gasteiger partial charge >= 0.3 is 0 Å². The van der Waals surface area contributed by atoms with Crippen LogP contribution in [-0.2, 0) is 6.61 Å². The van der Waals surface area contributed by atoms with Crippen molar-refractivity contribution in [2.45, 2.75) is 6.61 Å². The average molecular weight is 231 g/mol. The lowest BCUT2D eigenvalue weighted by Crippen LogP contribution is -1.95. The Balaban J connectivity index is 2.36. The van der Waals surface area contributed by atoms with Gasteiger partial charge in [0.15, 0.2) is 5.82 Å². The fourth-order valence-electron chi connectivity index (χ4n) is 1.36. The zero-order valence-corrected chi connectivity index (χ0v) is 8.78. The highest BCUT2D eigenvalue weighted by Gasteiger charge is 2.07. The van der Waals surface area contributed by atoms with Crippen LogP contribution in [0.2, 0.25) is 0 Å². The highest BCUT2D eigenvalue weighted by Crippen LogP contribution is 2.19. The van der Waals surface area contributed by atoms with Gasteiger partial charge in [0.25, 0.3) is 5.69 Å². The van der Waals surface area contributed by atoms with E-state index in [1.807, 2.05) is 0 Å². The highest BCUT2D eigenvalue weighted by atomic mass is 16.6. The first-order valence-electron chi connectivity index (χ1n) is 4.88. The molecule has 0 aliphatic rings. The van der Waals surface area contributed by atoms with E-state index in [4.69, 9.17) is 5.11 Å². The monoisotopic (exact) mass is 231 g/mol. The first kappa shape index (κ1) is 11.2. The number of aliphatic hydroxyl groups is 1. The molecule has 0 spiro atoms. The summed E-state index contributed by atoms with van der Waals surface area (Å²) in [5, 5.41) is 19.4. The smallest absolute Gasteiger partial charge is 0.269 e. The Hall–Kier alpha value is -2.34. The molecule has 0 fully saturated rings. The zero-order valence-electron chi connectivity index (χ0n) is 8.78. The van der Waals surface area contributed by atoms with Gasteiger partial charge in [0.2, 0.25) is 0 Å². The predicted molar refractivity (Wildman–Crippen MR) is 60.0 cm³/mol. The molecule has 1 aromatic carbocycles. The minimum Gasteiger partial charge on any atom is -0.390 e. The predicted octanol–water partition coefficient (Wildman–Crippen LogP) is 1.54. The van der Waals surface area contributed by atoms with Crippen molar-refractivity contribution in [2.75, 3.05) is 0 Å². The van der Waals surface area contributed by atoms with Crippen molar-refractivity contribution < 1.29 is 10.0 Å². The van der Waals surface area contributed by atoms with Crippen molar-refractivity contribution in [3.05, 3.63) is 52.3 Å². The molecule has 1 heterocycles. The molecule has 2 rings (SSSR count). The third kappa shape index (κ3) is 2.43. The molecule has 0 radical (unpaired) electrons. The van der Waals surface area contributed by atoms with E-state index in [-0.39, 0.29) is 12.3 Å². The molecule has 6 nitrogen and oxygen atoms in total. The molecule has 0 saturated heterocycles. The Bertz CT molecular complexity index is 540. The van der Waals surface area contributed by atoms with Gasteiger partial charge in [0.05, 0.1) is 17.2 Å². The fourth-order valence-corrected chi connectivity index (χ4v) is 1.36. The van der Waals surface area contributed by atoms with Crippen LogP contribution >= 0.6 is 0 Å². The largest absolute Gasteiger partial charge is 0.390 e. The zero-order chi connectivity index (χ0) is 12.3. The van der Waals surface area contributed by atoms with Crippen LogP contribution < -0.4 is 0 Å². The molecule has 0 aliphatic heterocycles. The Kier molecular flexibility index (Phi) is 3.06. The maximum absolute atomic E-state index is 10.5. The SMILES string of the molecule is O=[N+]([O-])c1ccc(-c2nccc(CO)n2)cc1. The van der Waals surface area contributed by atoms with Crippen LogP contribution in [0.4, 0.5) is 5.69 Å². The summed E-state index contributed by atoms with van der Waals surface area (Å²) in [6, 6.07) is 7.55. The molecule has 0 bridgehead atoms. The first-order valence-corrected chi connectivity index (χ1v) is 4.88. The number of nitro benzene ring substituents is 1. The Labute approximate surface area is 96.7 Å². The van der Waals surface area contributed by atoms with Gasteiger partial charge in [-0.15, -0.1) is 0 Å². The van der Waals surface area contributed by atoms with Crippen molar-refractivity contribution in [1.82, 2.24) is 9.97 Å². The maximum Gasteiger partial charge on any atom is 0.269 e. The summed E-state index contributed by atoms with van der Waals surface area (Å²) in [5.74, 6) is 0.437. The Morgan fingerprint density at radius 1 is 1.24 bits per heavy atom. The van der Waals surface area contributed by atoms with Gasteiger partial charge in [-0.1, -0.05) is 0 Å². The molecule has 0 aliphatic carbocycles. The summed E-state index contributed by atoms with van der Waals surface area (Å²) in [5.41, 5.74) is 1.20. The molecule has 0 unspecified atom stereocenters. The second kappa shape index (κ2) is 4.67. The van der Waals surface area contributed by atoms with Gasteiger partial charge in [-0.2, -0.15) is 0 Å². The van der Waals surface area contributed by atoms with Gasteiger partial charge in [-0.25, -0.2) is 9.97 Å². The number of non-ortho nitro benzene ring substituents is 1. The maximum atomic E-state index is 10.5. The van der Waals surface area contributed by atoms with E-state index in [1.165, 1.54) is 18.3 Å². The summed E-state index contributed by atoms with van der Waals surface area (Å²) in [7, 11) is 0. The number of benzene rings is 1. The minimum absolute atomic E-state index is 0.0204. The number of hydrogen-bond acceptors (Lipinski definition) is 5. The molecule has 86 valence electrons. The van der Waals surface area contributed by atoms with E-state index < -0.39 is 4.92 Å². The molecule has 0 amide bonds. The molecule has 2 aromatic rings. The topological polar surface area (TPSA) is 89.2 Å². The van der Waals surface area contributed by atoms with Crippen LogP contribution in [0.15, 0.2) is 36.5 Å². The second-order valence-electron chi connectivity index (χ2n) is 3.33. The van der Waals surface area contributed by atoms with Crippen molar-refractivity contribution in [2.24, 2.45) is 0 Å². The number of aliphatic hydroxyl groups excluding tert-OH is 1. The standard InChI is InChI=1S/C11H9N3O3/c15-7-9-5-6-12-11(13-9)8-1-3-10(4-2-8)14(16)17/h1-6,15H,7H2. The third-order valence-corrected chi connectivity index (χ3v) is 2.21. The number of rotatable bonds is 3. The van der Waals surface area contributed by atoms with Crippen LogP contribution in [0.3, 0.4) is 0 Å². The van der Waals surface area contributed by atoms with E-state index in [0.29, 0.717) is 17.1 Å². The third-order valence-electron chi connectivity index (χ3n) is 2.21. The molecule has 17 heavy (non-hydrogen) atoms. The van der Waals surface area contributed by atoms with Gasteiger partial charge in [-0.05, 0) is 18.2 Å². The molecular formula is C11H9N3O3. The van der Waals surface area contributed by atoms with Crippen molar-refractivity contribution in [3.63, 3.8) is 0 Å². The molecule has 0 atom stereocenters. The van der Waals surface area contributed by atoms with Crippen LogP contribution in [0.1, 0.15) is 5.69 Å². The summed E-state index contributed by atoms with van der Waals surface area (Å²) in [4.78, 5) is 18.2. The summed E-state index contributed by atoms with van der Waals surface area (Å²) in [6.07, 6.45) is 1.54. The molecule has 1 aromatic heterocycles. The van der Waals surface area contributed by atoms with E-state index in [0.717, 1.165) is 0 Å². The summed E-state index contributed by atoms with van der Waals surface area (Å²) >= 11 is 0. The number of nitrogens with zero attached hydrogens (tertiary/aromatic N) is 3. The molecule has 0 saturated carbocycles. The molecule has 1 N–H and O–H groups in total. The second-order valence-corrected chi connectivity index (χ2v) is 3.33. The average Bonchev–Trinajstić information content (AvgIpc) is 2.39. The van der Waals surface area contributed by atoms with Gasteiger partial charge in [0, 0.05) is 23.9 Å². The van der Waals surface area contributed by atoms with Crippen molar-refractivity contribution in [1.29, 1.82) is 0 Å². The fraction of sp³-hybridized carbons (Fsp3) is 0.0909. The lowest BCUT2D eigenvalue weighted by molar-refractivity contribution is -0.384. The van der Waals surface area contributed by atoms with E-state index >= 15 is 0 Å². The van der Waals surface area contributed by atoms with Crippen LogP contribution in [0.25, 0.3) is 11.4 Å². The number of nitro groups is 1. The van der Waals surface area contributed by atoms with Gasteiger partial charge in [0.1, 0.15) is 0 Å². The van der Waals surface area contributed by atoms with Crippen molar-refractivity contribution in [3.8, 4) is 11.4 Å². The van der Waals surface area contributed by atoms with Crippen LogP contribution in [0.5, 0.6) is 0 Å². The Morgan fingerprint density at radius 3 is 2.53 bits per heavy atom. The van der Waals surface area contributed by atoms with E-state index in [2.05, 4.69) is 9.97 Å². The first-order chi connectivity index (χ1) is 8.20.